The molecule has 5 N–H and O–H groups in total. The first-order valence-corrected chi connectivity index (χ1v) is 10.3. The first kappa shape index (κ1) is 32.5. The topological polar surface area (TPSA) is 205 Å². The molecule has 10 heteroatoms. The predicted octanol–water partition coefficient (Wildman–Crippen LogP) is 4.58. The van der Waals surface area contributed by atoms with Gasteiger partial charge in [0.2, 0.25) is 30.4 Å². The van der Waals surface area contributed by atoms with Gasteiger partial charge in [-0.1, -0.05) is 68.1 Å². The second kappa shape index (κ2) is 21.2. The first-order chi connectivity index (χ1) is 16.9. The van der Waals surface area contributed by atoms with E-state index in [0.29, 0.717) is 0 Å². The number of hydrogen-bond donors (Lipinski definition) is 5. The SMILES string of the molecule is C1CC2CCC1C2.Cc1cccc2c1=c1ccccc1=2.N=C=O.N=C=O.N=C=O.N=C=O.N=C=O. The molecule has 0 unspecified atom stereocenters. The molecule has 0 aromatic heterocycles. The summed E-state index contributed by atoms with van der Waals surface area (Å²) >= 11 is 0. The van der Waals surface area contributed by atoms with E-state index in [9.17, 15) is 0 Å². The summed E-state index contributed by atoms with van der Waals surface area (Å²) < 4.78 is 0. The smallest absolute Gasteiger partial charge is 0.222 e. The molecule has 3 aliphatic rings. The number of carbonyl (C=O) groups excluding carboxylic acids is 5. The van der Waals surface area contributed by atoms with Crippen molar-refractivity contribution >= 4 is 30.4 Å². The van der Waals surface area contributed by atoms with Crippen molar-refractivity contribution in [3.63, 3.8) is 0 Å². The Morgan fingerprint density at radius 1 is 0.571 bits per heavy atom. The van der Waals surface area contributed by atoms with Gasteiger partial charge in [-0.15, -0.1) is 0 Å². The van der Waals surface area contributed by atoms with Gasteiger partial charge >= 0.3 is 0 Å². The summed E-state index contributed by atoms with van der Waals surface area (Å²) in [6.07, 6.45) is 11.6. The molecule has 0 spiro atoms. The fourth-order valence-electron chi connectivity index (χ4n) is 4.30. The number of fused-ring (bicyclic) bond motifs is 4. The summed E-state index contributed by atoms with van der Waals surface area (Å²) in [6, 6.07) is 15.1. The van der Waals surface area contributed by atoms with Crippen LogP contribution in [0.15, 0.2) is 42.5 Å². The molecule has 5 rings (SSSR count). The number of benzene rings is 2. The van der Waals surface area contributed by atoms with E-state index in [1.165, 1.54) is 38.3 Å². The summed E-state index contributed by atoms with van der Waals surface area (Å²) in [5, 5.41) is 32.7. The van der Waals surface area contributed by atoms with E-state index in [1.807, 2.05) is 0 Å². The van der Waals surface area contributed by atoms with Gasteiger partial charge < -0.3 is 0 Å². The number of isocyanates is 5. The summed E-state index contributed by atoms with van der Waals surface area (Å²) in [6.45, 7) is 2.18. The number of hydrogen-bond acceptors (Lipinski definition) is 10. The Morgan fingerprint density at radius 2 is 0.914 bits per heavy atom. The minimum atomic E-state index is 0.750. The highest BCUT2D eigenvalue weighted by molar-refractivity contribution is 5.33. The van der Waals surface area contributed by atoms with Gasteiger partial charge in [-0.3, -0.25) is 0 Å². The largest absolute Gasteiger partial charge is 0.231 e. The molecule has 35 heavy (non-hydrogen) atoms. The van der Waals surface area contributed by atoms with Crippen LogP contribution in [0.2, 0.25) is 0 Å². The fourth-order valence-corrected chi connectivity index (χ4v) is 4.30. The fraction of sp³-hybridized carbons (Fsp3) is 0.320. The lowest BCUT2D eigenvalue weighted by molar-refractivity contribution is 0.480. The number of aryl methyl sites for hydroxylation is 1. The third-order valence-corrected chi connectivity index (χ3v) is 5.39. The minimum absolute atomic E-state index is 0.750. The van der Waals surface area contributed by atoms with Gasteiger partial charge in [-0.05, 0) is 51.6 Å². The van der Waals surface area contributed by atoms with E-state index < -0.39 is 0 Å². The molecule has 0 amide bonds. The molecule has 182 valence electrons. The summed E-state index contributed by atoms with van der Waals surface area (Å²) in [7, 11) is 0. The molecular formula is C25H27N5O5. The Morgan fingerprint density at radius 3 is 1.26 bits per heavy atom. The average Bonchev–Trinajstić information content (AvgIpc) is 3.47. The summed E-state index contributed by atoms with van der Waals surface area (Å²) in [4.78, 5) is 41.7. The van der Waals surface area contributed by atoms with Crippen LogP contribution in [-0.2, 0) is 24.0 Å². The van der Waals surface area contributed by atoms with Crippen molar-refractivity contribution in [1.29, 1.82) is 27.0 Å². The highest BCUT2D eigenvalue weighted by atomic mass is 16.1. The van der Waals surface area contributed by atoms with Crippen LogP contribution in [0.1, 0.15) is 37.7 Å². The Balaban J connectivity index is 0. The molecule has 2 fully saturated rings. The molecule has 2 bridgehead atoms. The van der Waals surface area contributed by atoms with Gasteiger partial charge in [-0.25, -0.2) is 51.0 Å². The molecule has 0 radical (unpaired) electrons. The van der Waals surface area contributed by atoms with Crippen molar-refractivity contribution in [3.05, 3.63) is 68.9 Å². The maximum absolute atomic E-state index is 8.35. The van der Waals surface area contributed by atoms with E-state index in [2.05, 4.69) is 49.4 Å². The number of rotatable bonds is 0. The van der Waals surface area contributed by atoms with Crippen molar-refractivity contribution in [2.45, 2.75) is 39.0 Å². The Labute approximate surface area is 201 Å². The molecule has 2 aromatic rings. The minimum Gasteiger partial charge on any atom is -0.222 e. The van der Waals surface area contributed by atoms with E-state index >= 15 is 0 Å². The highest BCUT2D eigenvalue weighted by Gasteiger charge is 2.30. The molecule has 2 aromatic carbocycles. The van der Waals surface area contributed by atoms with Crippen LogP contribution in [0.4, 0.5) is 0 Å². The molecular weight excluding hydrogens is 450 g/mol. The van der Waals surface area contributed by atoms with Gasteiger partial charge in [0.15, 0.2) is 0 Å². The van der Waals surface area contributed by atoms with Crippen molar-refractivity contribution in [3.8, 4) is 0 Å². The molecule has 0 saturated heterocycles. The second-order valence-electron chi connectivity index (χ2n) is 7.18. The first-order valence-electron chi connectivity index (χ1n) is 10.3. The maximum atomic E-state index is 8.35. The lowest BCUT2D eigenvalue weighted by Crippen LogP contribution is -1.92. The molecule has 10 nitrogen and oxygen atoms in total. The third-order valence-electron chi connectivity index (χ3n) is 5.39. The maximum Gasteiger partial charge on any atom is 0.231 e. The molecule has 0 aliphatic heterocycles. The van der Waals surface area contributed by atoms with Gasteiger partial charge in [0.25, 0.3) is 0 Å². The molecule has 2 saturated carbocycles. The lowest BCUT2D eigenvalue weighted by atomic mass is 9.98. The lowest BCUT2D eigenvalue weighted by Gasteiger charge is -2.06. The van der Waals surface area contributed by atoms with Crippen molar-refractivity contribution in [2.24, 2.45) is 11.8 Å². The van der Waals surface area contributed by atoms with Crippen LogP contribution in [0, 0.1) is 66.7 Å². The monoisotopic (exact) mass is 477 g/mol. The van der Waals surface area contributed by atoms with Crippen LogP contribution in [0.25, 0.3) is 0 Å². The summed E-state index contributed by atoms with van der Waals surface area (Å²) in [5.41, 5.74) is 1.39. The number of nitrogens with one attached hydrogen (secondary N) is 5. The van der Waals surface area contributed by atoms with Crippen LogP contribution in [0.5, 0.6) is 0 Å². The van der Waals surface area contributed by atoms with Crippen LogP contribution < -0.4 is 0 Å². The van der Waals surface area contributed by atoms with Crippen LogP contribution in [0.3, 0.4) is 0 Å². The Kier molecular flexibility index (Phi) is 19.7. The zero-order valence-corrected chi connectivity index (χ0v) is 19.3. The Hall–Kier alpha value is -4.66. The molecule has 3 aliphatic carbocycles. The van der Waals surface area contributed by atoms with Gasteiger partial charge in [-0.2, -0.15) is 0 Å². The van der Waals surface area contributed by atoms with E-state index in [-0.39, 0.29) is 0 Å². The molecule has 0 atom stereocenters. The summed E-state index contributed by atoms with van der Waals surface area (Å²) in [5.74, 6) is 2.34. The highest BCUT2D eigenvalue weighted by Crippen LogP contribution is 2.43. The Bertz CT molecular complexity index is 1190. The average molecular weight is 478 g/mol. The normalized spacial score (nSPS) is 15.0. The van der Waals surface area contributed by atoms with Gasteiger partial charge in [0, 0.05) is 0 Å². The van der Waals surface area contributed by atoms with E-state index in [1.54, 1.807) is 32.1 Å². The van der Waals surface area contributed by atoms with Crippen LogP contribution >= 0.6 is 0 Å². The van der Waals surface area contributed by atoms with Crippen molar-refractivity contribution in [1.82, 2.24) is 0 Å². The zero-order valence-electron chi connectivity index (χ0n) is 19.3. The van der Waals surface area contributed by atoms with E-state index in [0.717, 1.165) is 30.4 Å². The zero-order chi connectivity index (χ0) is 27.1. The predicted molar refractivity (Wildman–Crippen MR) is 125 cm³/mol. The van der Waals surface area contributed by atoms with Crippen molar-refractivity contribution in [2.75, 3.05) is 0 Å². The molecule has 0 heterocycles. The quantitative estimate of drug-likeness (QED) is 0.232. The van der Waals surface area contributed by atoms with Gasteiger partial charge in [0.05, 0.1) is 0 Å². The van der Waals surface area contributed by atoms with Gasteiger partial charge in [0.1, 0.15) is 0 Å². The van der Waals surface area contributed by atoms with Crippen LogP contribution in [-0.4, -0.2) is 30.4 Å². The second-order valence-corrected chi connectivity index (χ2v) is 7.18. The van der Waals surface area contributed by atoms with E-state index in [4.69, 9.17) is 51.0 Å². The third kappa shape index (κ3) is 12.2. The standard InChI is InChI=1S/C13H10.C7H12.5CHNO/c1-9-5-4-8-12-10-6-2-3-7-11(10)13(9)12;1-2-7-4-3-6(1)5-7;5*2-1-3/h2-8H,1H3;6-7H,1-5H2;5*2H. The van der Waals surface area contributed by atoms with Crippen molar-refractivity contribution < 1.29 is 24.0 Å².